The van der Waals surface area contributed by atoms with Crippen LogP contribution in [0, 0.1) is 0 Å². The van der Waals surface area contributed by atoms with Crippen molar-refractivity contribution in [2.75, 3.05) is 38.5 Å². The van der Waals surface area contributed by atoms with E-state index >= 15 is 0 Å². The normalized spacial score (nSPS) is 13.9. The number of anilines is 1. The fourth-order valence-corrected chi connectivity index (χ4v) is 6.02. The molecule has 0 bridgehead atoms. The molecule has 1 aliphatic heterocycles. The van der Waals surface area contributed by atoms with Gasteiger partial charge in [-0.25, -0.2) is 4.79 Å². The summed E-state index contributed by atoms with van der Waals surface area (Å²) >= 11 is 1.14. The van der Waals surface area contributed by atoms with Crippen LogP contribution in [0.4, 0.5) is 10.5 Å². The molecule has 37 heavy (non-hydrogen) atoms. The van der Waals surface area contributed by atoms with Crippen molar-refractivity contribution < 1.29 is 23.8 Å². The molecular formula is C29H26N2O5S. The minimum absolute atomic E-state index is 0.0258. The van der Waals surface area contributed by atoms with Gasteiger partial charge >= 0.3 is 6.09 Å². The second-order valence-electron chi connectivity index (χ2n) is 9.06. The minimum Gasteiger partial charge on any atom is -0.491 e. The monoisotopic (exact) mass is 514 g/mol. The van der Waals surface area contributed by atoms with Crippen molar-refractivity contribution in [3.63, 3.8) is 0 Å². The van der Waals surface area contributed by atoms with E-state index in [1.54, 1.807) is 25.4 Å². The number of H-pyrrole nitrogens is 1. The molecule has 7 nitrogen and oxygen atoms in total. The van der Waals surface area contributed by atoms with E-state index in [1.807, 2.05) is 30.3 Å². The van der Waals surface area contributed by atoms with Crippen LogP contribution < -0.4 is 14.4 Å². The second kappa shape index (κ2) is 9.19. The van der Waals surface area contributed by atoms with Crippen LogP contribution in [-0.2, 0) is 11.2 Å². The Morgan fingerprint density at radius 2 is 1.65 bits per heavy atom. The first-order valence-electron chi connectivity index (χ1n) is 12.1. The largest absolute Gasteiger partial charge is 0.491 e. The number of benzene rings is 3. The van der Waals surface area contributed by atoms with Crippen molar-refractivity contribution in [3.8, 4) is 22.6 Å². The Kier molecular flexibility index (Phi) is 5.83. The minimum atomic E-state index is -0.434. The Morgan fingerprint density at radius 1 is 1.00 bits per heavy atom. The summed E-state index contributed by atoms with van der Waals surface area (Å²) in [6.07, 6.45) is 1.92. The molecule has 0 saturated heterocycles. The molecular weight excluding hydrogens is 488 g/mol. The third-order valence-corrected chi connectivity index (χ3v) is 7.89. The van der Waals surface area contributed by atoms with E-state index in [-0.39, 0.29) is 17.6 Å². The molecule has 3 aromatic carbocycles. The van der Waals surface area contributed by atoms with Crippen LogP contribution in [-0.4, -0.2) is 49.8 Å². The number of nitrogens with one attached hydrogen (secondary N) is 1. The highest BCUT2D eigenvalue weighted by Crippen LogP contribution is 2.50. The molecule has 0 radical (unpaired) electrons. The highest BCUT2D eigenvalue weighted by molar-refractivity contribution is 8.13. The van der Waals surface area contributed by atoms with Crippen LogP contribution in [0.25, 0.3) is 22.0 Å². The van der Waals surface area contributed by atoms with Gasteiger partial charge < -0.3 is 19.2 Å². The van der Waals surface area contributed by atoms with Crippen molar-refractivity contribution in [1.82, 2.24) is 4.98 Å². The fraction of sp³-hybridized carbons (Fsp3) is 0.241. The quantitative estimate of drug-likeness (QED) is 0.352. The highest BCUT2D eigenvalue weighted by Gasteiger charge is 2.36. The van der Waals surface area contributed by atoms with Gasteiger partial charge in [-0.05, 0) is 46.6 Å². The first-order valence-corrected chi connectivity index (χ1v) is 13.3. The van der Waals surface area contributed by atoms with Gasteiger partial charge in [0.05, 0.1) is 31.1 Å². The summed E-state index contributed by atoms with van der Waals surface area (Å²) in [6, 6.07) is 18.4. The van der Waals surface area contributed by atoms with E-state index in [0.717, 1.165) is 33.8 Å². The molecule has 2 heterocycles. The van der Waals surface area contributed by atoms with Gasteiger partial charge in [-0.15, -0.1) is 0 Å². The summed E-state index contributed by atoms with van der Waals surface area (Å²) in [5, 5.41) is 0.774. The number of hydrogen-bond donors (Lipinski definition) is 1. The summed E-state index contributed by atoms with van der Waals surface area (Å²) in [5.74, 6) is 0.873. The Labute approximate surface area is 218 Å². The zero-order valence-electron chi connectivity index (χ0n) is 20.8. The molecule has 8 heteroatoms. The Bertz CT molecular complexity index is 1510. The van der Waals surface area contributed by atoms with Gasteiger partial charge in [-0.3, -0.25) is 9.69 Å². The maximum atomic E-state index is 13.5. The van der Waals surface area contributed by atoms with E-state index in [0.29, 0.717) is 41.4 Å². The summed E-state index contributed by atoms with van der Waals surface area (Å²) < 4.78 is 17.4. The van der Waals surface area contributed by atoms with Crippen molar-refractivity contribution in [3.05, 3.63) is 77.0 Å². The predicted octanol–water partition coefficient (Wildman–Crippen LogP) is 6.00. The van der Waals surface area contributed by atoms with E-state index in [2.05, 4.69) is 29.2 Å². The summed E-state index contributed by atoms with van der Waals surface area (Å²) in [7, 11) is 3.10. The van der Waals surface area contributed by atoms with Gasteiger partial charge in [0.25, 0.3) is 0 Å². The number of rotatable bonds is 5. The van der Waals surface area contributed by atoms with Crippen LogP contribution in [0.2, 0.25) is 0 Å². The van der Waals surface area contributed by atoms with Crippen LogP contribution in [0.15, 0.2) is 54.6 Å². The molecule has 1 aliphatic carbocycles. The fourth-order valence-electron chi connectivity index (χ4n) is 5.69. The highest BCUT2D eigenvalue weighted by atomic mass is 32.2. The number of carbonyl (C=O) groups is 2. The number of ether oxygens (including phenoxy) is 3. The van der Waals surface area contributed by atoms with Gasteiger partial charge in [0.15, 0.2) is 11.5 Å². The van der Waals surface area contributed by atoms with Crippen molar-refractivity contribution in [2.24, 2.45) is 0 Å². The molecule has 188 valence electrons. The summed E-state index contributed by atoms with van der Waals surface area (Å²) in [4.78, 5) is 30.7. The molecule has 1 amide bonds. The second-order valence-corrected chi connectivity index (χ2v) is 9.84. The number of aromatic nitrogens is 1. The molecule has 1 N–H and O–H groups in total. The van der Waals surface area contributed by atoms with E-state index in [9.17, 15) is 9.59 Å². The van der Waals surface area contributed by atoms with Crippen LogP contribution >= 0.6 is 11.8 Å². The van der Waals surface area contributed by atoms with E-state index in [4.69, 9.17) is 14.2 Å². The summed E-state index contributed by atoms with van der Waals surface area (Å²) in [5.41, 5.74) is 7.42. The number of nitrogens with zero attached hydrogens (tertiary/aromatic N) is 1. The zero-order valence-corrected chi connectivity index (χ0v) is 21.6. The third-order valence-electron chi connectivity index (χ3n) is 7.30. The molecule has 0 fully saturated rings. The van der Waals surface area contributed by atoms with Crippen molar-refractivity contribution >= 4 is 39.6 Å². The smallest absolute Gasteiger partial charge is 0.414 e. The number of hydrogen-bond acceptors (Lipinski definition) is 6. The Morgan fingerprint density at radius 3 is 2.27 bits per heavy atom. The molecule has 0 unspecified atom stereocenters. The molecule has 4 aromatic rings. The van der Waals surface area contributed by atoms with Gasteiger partial charge in [0, 0.05) is 17.8 Å². The van der Waals surface area contributed by atoms with Gasteiger partial charge in [-0.1, -0.05) is 60.3 Å². The average Bonchev–Trinajstić information content (AvgIpc) is 3.64. The summed E-state index contributed by atoms with van der Waals surface area (Å²) in [6.45, 7) is 0.679. The van der Waals surface area contributed by atoms with Crippen molar-refractivity contribution in [2.45, 2.75) is 12.3 Å². The topological polar surface area (TPSA) is 80.9 Å². The number of thioether (sulfide) groups is 1. The number of aromatic amines is 1. The van der Waals surface area contributed by atoms with E-state index in [1.165, 1.54) is 11.1 Å². The molecule has 0 spiro atoms. The number of methoxy groups -OCH3 is 2. The van der Waals surface area contributed by atoms with E-state index < -0.39 is 6.09 Å². The molecule has 0 atom stereocenters. The van der Waals surface area contributed by atoms with Gasteiger partial charge in [-0.2, -0.15) is 0 Å². The molecule has 0 saturated carbocycles. The molecule has 1 aromatic heterocycles. The zero-order chi connectivity index (χ0) is 25.7. The maximum Gasteiger partial charge on any atom is 0.414 e. The van der Waals surface area contributed by atoms with Gasteiger partial charge in [0.1, 0.15) is 6.61 Å². The lowest BCUT2D eigenvalue weighted by Gasteiger charge is -2.22. The Hall–Kier alpha value is -3.91. The number of amides is 1. The maximum absolute atomic E-state index is 13.5. The lowest BCUT2D eigenvalue weighted by molar-refractivity contribution is 0.108. The predicted molar refractivity (Wildman–Crippen MR) is 145 cm³/mol. The van der Waals surface area contributed by atoms with Crippen LogP contribution in [0.3, 0.4) is 0 Å². The van der Waals surface area contributed by atoms with Crippen molar-refractivity contribution in [1.29, 1.82) is 0 Å². The first-order chi connectivity index (χ1) is 18.1. The van der Waals surface area contributed by atoms with Crippen LogP contribution in [0.1, 0.15) is 33.1 Å². The Balaban J connectivity index is 1.34. The SMILES string of the molecule is COc1c2c(c3cc(C(=O)SC)[nH]c3c1OC)CCN2C(=O)OCC1c2ccccc2-c2ccccc21. The third kappa shape index (κ3) is 3.58. The standard InChI is InChI=1S/C29H26N2O5S/c1-34-26-24-21(14-23(30-24)28(32)37-3)20-12-13-31(25(20)27(26)35-2)29(33)36-15-22-18-10-6-4-8-16(18)17-9-5-7-11-19(17)22/h4-11,14,22,30H,12-13,15H2,1-3H3. The lowest BCUT2D eigenvalue weighted by Crippen LogP contribution is -2.31. The van der Waals surface area contributed by atoms with Gasteiger partial charge in [0.2, 0.25) is 5.12 Å². The number of carbonyl (C=O) groups excluding carboxylic acids is 2. The lowest BCUT2D eigenvalue weighted by atomic mass is 9.98. The molecule has 6 rings (SSSR count). The first kappa shape index (κ1) is 23.5. The number of fused-ring (bicyclic) bond motifs is 6. The van der Waals surface area contributed by atoms with Crippen LogP contribution in [0.5, 0.6) is 11.5 Å². The average molecular weight is 515 g/mol. The molecule has 2 aliphatic rings.